The van der Waals surface area contributed by atoms with E-state index in [9.17, 15) is 0 Å². The standard InChI is InChI=1S/C13H26N2O/c1-11(10-15-12-6-7-12)14-8-2-4-13-5-3-9-16-13/h11-15H,2-10H2,1H3. The normalized spacial score (nSPS) is 27.2. The molecule has 1 heterocycles. The van der Waals surface area contributed by atoms with Gasteiger partial charge in [0.1, 0.15) is 0 Å². The summed E-state index contributed by atoms with van der Waals surface area (Å²) >= 11 is 0. The first kappa shape index (κ1) is 12.3. The van der Waals surface area contributed by atoms with Crippen molar-refractivity contribution in [2.24, 2.45) is 0 Å². The molecule has 0 aromatic heterocycles. The lowest BCUT2D eigenvalue weighted by atomic mass is 10.1. The highest BCUT2D eigenvalue weighted by molar-refractivity contribution is 4.82. The minimum absolute atomic E-state index is 0.557. The van der Waals surface area contributed by atoms with E-state index in [2.05, 4.69) is 17.6 Å². The zero-order chi connectivity index (χ0) is 11.2. The molecule has 0 radical (unpaired) electrons. The Morgan fingerprint density at radius 2 is 2.19 bits per heavy atom. The molecule has 2 atom stereocenters. The molecule has 2 aliphatic rings. The van der Waals surface area contributed by atoms with Gasteiger partial charge in [0.2, 0.25) is 0 Å². The number of hydrogen-bond acceptors (Lipinski definition) is 3. The molecule has 1 saturated heterocycles. The predicted molar refractivity (Wildman–Crippen MR) is 66.7 cm³/mol. The smallest absolute Gasteiger partial charge is 0.0576 e. The summed E-state index contributed by atoms with van der Waals surface area (Å²) in [6.07, 6.45) is 8.34. The van der Waals surface area contributed by atoms with E-state index in [-0.39, 0.29) is 0 Å². The van der Waals surface area contributed by atoms with E-state index in [1.165, 1.54) is 38.5 Å². The van der Waals surface area contributed by atoms with Crippen LogP contribution in [-0.2, 0) is 4.74 Å². The average molecular weight is 226 g/mol. The van der Waals surface area contributed by atoms with Crippen LogP contribution in [0.2, 0.25) is 0 Å². The van der Waals surface area contributed by atoms with E-state index in [4.69, 9.17) is 4.74 Å². The molecular formula is C13H26N2O. The Bertz CT molecular complexity index is 188. The zero-order valence-corrected chi connectivity index (χ0v) is 10.5. The van der Waals surface area contributed by atoms with Gasteiger partial charge in [0.05, 0.1) is 6.10 Å². The molecule has 94 valence electrons. The van der Waals surface area contributed by atoms with Gasteiger partial charge in [-0.25, -0.2) is 0 Å². The minimum atomic E-state index is 0.557. The molecule has 1 aliphatic carbocycles. The molecule has 2 unspecified atom stereocenters. The van der Waals surface area contributed by atoms with E-state index in [1.807, 2.05) is 0 Å². The van der Waals surface area contributed by atoms with Crippen molar-refractivity contribution in [1.29, 1.82) is 0 Å². The van der Waals surface area contributed by atoms with Crippen molar-refractivity contribution in [3.05, 3.63) is 0 Å². The molecule has 3 nitrogen and oxygen atoms in total. The van der Waals surface area contributed by atoms with Gasteiger partial charge in [-0.15, -0.1) is 0 Å². The molecule has 1 aliphatic heterocycles. The van der Waals surface area contributed by atoms with Crippen LogP contribution in [-0.4, -0.2) is 37.9 Å². The fourth-order valence-corrected chi connectivity index (χ4v) is 2.25. The number of ether oxygens (including phenoxy) is 1. The Hall–Kier alpha value is -0.120. The van der Waals surface area contributed by atoms with Gasteiger partial charge in [0.25, 0.3) is 0 Å². The topological polar surface area (TPSA) is 33.3 Å². The van der Waals surface area contributed by atoms with Crippen molar-refractivity contribution in [2.75, 3.05) is 19.7 Å². The number of hydrogen-bond donors (Lipinski definition) is 2. The predicted octanol–water partition coefficient (Wildman–Crippen LogP) is 1.68. The molecule has 0 amide bonds. The van der Waals surface area contributed by atoms with Crippen LogP contribution in [0.1, 0.15) is 45.4 Å². The van der Waals surface area contributed by atoms with Crippen LogP contribution in [0.15, 0.2) is 0 Å². The molecule has 3 heteroatoms. The van der Waals surface area contributed by atoms with Gasteiger partial charge >= 0.3 is 0 Å². The van der Waals surface area contributed by atoms with Crippen molar-refractivity contribution in [3.63, 3.8) is 0 Å². The van der Waals surface area contributed by atoms with Crippen LogP contribution in [0, 0.1) is 0 Å². The monoisotopic (exact) mass is 226 g/mol. The highest BCUT2D eigenvalue weighted by Gasteiger charge is 2.20. The van der Waals surface area contributed by atoms with Crippen molar-refractivity contribution in [2.45, 2.75) is 63.6 Å². The fraction of sp³-hybridized carbons (Fsp3) is 1.00. The molecule has 0 aromatic rings. The van der Waals surface area contributed by atoms with Crippen LogP contribution < -0.4 is 10.6 Å². The first-order chi connectivity index (χ1) is 7.84. The summed E-state index contributed by atoms with van der Waals surface area (Å²) in [5.74, 6) is 0. The lowest BCUT2D eigenvalue weighted by molar-refractivity contribution is 0.102. The molecule has 0 bridgehead atoms. The van der Waals surface area contributed by atoms with Crippen molar-refractivity contribution >= 4 is 0 Å². The van der Waals surface area contributed by atoms with Crippen molar-refractivity contribution < 1.29 is 4.74 Å². The lowest BCUT2D eigenvalue weighted by Crippen LogP contribution is -2.37. The Morgan fingerprint density at radius 3 is 2.88 bits per heavy atom. The third-order valence-electron chi connectivity index (χ3n) is 3.51. The summed E-state index contributed by atoms with van der Waals surface area (Å²) in [4.78, 5) is 0. The fourth-order valence-electron chi connectivity index (χ4n) is 2.25. The van der Waals surface area contributed by atoms with Gasteiger partial charge in [-0.05, 0) is 52.0 Å². The second kappa shape index (κ2) is 6.58. The summed E-state index contributed by atoms with van der Waals surface area (Å²) in [5.41, 5.74) is 0. The van der Waals surface area contributed by atoms with E-state index < -0.39 is 0 Å². The Morgan fingerprint density at radius 1 is 1.31 bits per heavy atom. The second-order valence-corrected chi connectivity index (χ2v) is 5.31. The Balaban J connectivity index is 1.40. The SMILES string of the molecule is CC(CNC1CC1)NCCCC1CCCO1. The van der Waals surface area contributed by atoms with Crippen molar-refractivity contribution in [3.8, 4) is 0 Å². The molecule has 16 heavy (non-hydrogen) atoms. The van der Waals surface area contributed by atoms with Gasteiger partial charge in [0, 0.05) is 25.2 Å². The van der Waals surface area contributed by atoms with E-state index in [0.717, 1.165) is 25.7 Å². The molecule has 2 rings (SSSR count). The van der Waals surface area contributed by atoms with Crippen LogP contribution in [0.5, 0.6) is 0 Å². The Kier molecular flexibility index (Phi) is 5.07. The van der Waals surface area contributed by atoms with E-state index >= 15 is 0 Å². The number of nitrogens with one attached hydrogen (secondary N) is 2. The van der Waals surface area contributed by atoms with Gasteiger partial charge in [-0.1, -0.05) is 0 Å². The maximum absolute atomic E-state index is 5.61. The summed E-state index contributed by atoms with van der Waals surface area (Å²) in [6, 6.07) is 1.43. The van der Waals surface area contributed by atoms with Crippen LogP contribution >= 0.6 is 0 Å². The van der Waals surface area contributed by atoms with Crippen LogP contribution in [0.4, 0.5) is 0 Å². The first-order valence-corrected chi connectivity index (χ1v) is 6.93. The summed E-state index contributed by atoms with van der Waals surface area (Å²) in [5, 5.41) is 7.12. The highest BCUT2D eigenvalue weighted by atomic mass is 16.5. The van der Waals surface area contributed by atoms with Gasteiger partial charge < -0.3 is 15.4 Å². The van der Waals surface area contributed by atoms with E-state index in [1.54, 1.807) is 0 Å². The molecule has 0 spiro atoms. The average Bonchev–Trinajstić information content (AvgIpc) is 2.97. The molecule has 1 saturated carbocycles. The summed E-state index contributed by atoms with van der Waals surface area (Å²) in [7, 11) is 0. The highest BCUT2D eigenvalue weighted by Crippen LogP contribution is 2.18. The summed E-state index contributed by atoms with van der Waals surface area (Å²) in [6.45, 7) is 5.50. The number of rotatable bonds is 8. The van der Waals surface area contributed by atoms with E-state index in [0.29, 0.717) is 12.1 Å². The molecule has 2 fully saturated rings. The summed E-state index contributed by atoms with van der Waals surface area (Å²) < 4.78 is 5.61. The molecule has 2 N–H and O–H groups in total. The third kappa shape index (κ3) is 4.81. The maximum Gasteiger partial charge on any atom is 0.0576 e. The first-order valence-electron chi connectivity index (χ1n) is 6.93. The Labute approximate surface area is 99.3 Å². The zero-order valence-electron chi connectivity index (χ0n) is 10.5. The quantitative estimate of drug-likeness (QED) is 0.618. The van der Waals surface area contributed by atoms with Gasteiger partial charge in [-0.3, -0.25) is 0 Å². The lowest BCUT2D eigenvalue weighted by Gasteiger charge is -2.15. The van der Waals surface area contributed by atoms with Crippen LogP contribution in [0.25, 0.3) is 0 Å². The van der Waals surface area contributed by atoms with Crippen LogP contribution in [0.3, 0.4) is 0 Å². The maximum atomic E-state index is 5.61. The third-order valence-corrected chi connectivity index (χ3v) is 3.51. The minimum Gasteiger partial charge on any atom is -0.378 e. The largest absolute Gasteiger partial charge is 0.378 e. The molecule has 0 aromatic carbocycles. The second-order valence-electron chi connectivity index (χ2n) is 5.31. The van der Waals surface area contributed by atoms with Gasteiger partial charge in [-0.2, -0.15) is 0 Å². The molecular weight excluding hydrogens is 200 g/mol. The van der Waals surface area contributed by atoms with Gasteiger partial charge in [0.15, 0.2) is 0 Å². The van der Waals surface area contributed by atoms with Crippen molar-refractivity contribution in [1.82, 2.24) is 10.6 Å².